The fraction of sp³-hybridized carbons (Fsp3) is 0.136. The molecule has 1 heterocycles. The number of ketones is 1. The average molecular weight is 393 g/mol. The Bertz CT molecular complexity index is 1100. The summed E-state index contributed by atoms with van der Waals surface area (Å²) in [6, 6.07) is 17.7. The molecule has 0 bridgehead atoms. The number of aromatic nitrogens is 1. The molecule has 0 aliphatic heterocycles. The van der Waals surface area contributed by atoms with Gasteiger partial charge in [-0.15, -0.1) is 0 Å². The molecule has 1 unspecified atom stereocenters. The molecule has 0 fully saturated rings. The number of anilines is 1. The van der Waals surface area contributed by atoms with Gasteiger partial charge < -0.3 is 10.3 Å². The van der Waals surface area contributed by atoms with Crippen LogP contribution in [0.25, 0.3) is 0 Å². The van der Waals surface area contributed by atoms with Gasteiger partial charge >= 0.3 is 0 Å². The van der Waals surface area contributed by atoms with Gasteiger partial charge in [-0.3, -0.25) is 14.4 Å². The Hall–Kier alpha value is -3.18. The van der Waals surface area contributed by atoms with E-state index in [0.29, 0.717) is 34.8 Å². The number of rotatable bonds is 3. The monoisotopic (exact) mass is 392 g/mol. The molecule has 1 atom stereocenters. The number of hydrogen-bond acceptors (Lipinski definition) is 3. The lowest BCUT2D eigenvalue weighted by atomic mass is 9.81. The molecule has 2 aromatic carbocycles. The van der Waals surface area contributed by atoms with Gasteiger partial charge in [0, 0.05) is 28.4 Å². The van der Waals surface area contributed by atoms with Crippen molar-refractivity contribution in [2.45, 2.75) is 18.8 Å². The number of fused-ring (bicyclic) bond motifs is 1. The second kappa shape index (κ2) is 7.44. The van der Waals surface area contributed by atoms with E-state index in [1.165, 1.54) is 6.07 Å². The number of halogens is 1. The van der Waals surface area contributed by atoms with Crippen molar-refractivity contribution in [1.82, 2.24) is 4.98 Å². The van der Waals surface area contributed by atoms with Crippen LogP contribution in [0.1, 0.15) is 44.3 Å². The minimum Gasteiger partial charge on any atom is -0.325 e. The molecule has 0 saturated carbocycles. The molecule has 0 radical (unpaired) electrons. The third-order valence-corrected chi connectivity index (χ3v) is 5.18. The van der Waals surface area contributed by atoms with E-state index in [9.17, 15) is 14.4 Å². The molecule has 3 aromatic rings. The highest BCUT2D eigenvalue weighted by atomic mass is 35.5. The molecule has 0 spiro atoms. The number of aromatic amines is 1. The molecule has 1 aliphatic rings. The Morgan fingerprint density at radius 1 is 1.00 bits per heavy atom. The summed E-state index contributed by atoms with van der Waals surface area (Å²) in [5, 5.41) is 3.20. The maximum Gasteiger partial charge on any atom is 0.261 e. The second-order valence-electron chi connectivity index (χ2n) is 6.80. The van der Waals surface area contributed by atoms with Crippen LogP contribution in [0.5, 0.6) is 0 Å². The van der Waals surface area contributed by atoms with Crippen LogP contribution in [-0.4, -0.2) is 16.7 Å². The van der Waals surface area contributed by atoms with Crippen LogP contribution in [0.2, 0.25) is 5.02 Å². The van der Waals surface area contributed by atoms with Crippen molar-refractivity contribution < 1.29 is 9.59 Å². The van der Waals surface area contributed by atoms with Crippen molar-refractivity contribution in [3.8, 4) is 0 Å². The molecule has 5 nitrogen and oxygen atoms in total. The fourth-order valence-corrected chi connectivity index (χ4v) is 3.62. The van der Waals surface area contributed by atoms with Gasteiger partial charge in [0.1, 0.15) is 5.56 Å². The first-order chi connectivity index (χ1) is 13.5. The van der Waals surface area contributed by atoms with Crippen molar-refractivity contribution in [2.24, 2.45) is 0 Å². The van der Waals surface area contributed by atoms with Crippen LogP contribution in [0, 0.1) is 0 Å². The molecule has 4 rings (SSSR count). The van der Waals surface area contributed by atoms with Crippen molar-refractivity contribution in [2.75, 3.05) is 5.32 Å². The average Bonchev–Trinajstić information content (AvgIpc) is 2.69. The Morgan fingerprint density at radius 2 is 1.71 bits per heavy atom. The maximum absolute atomic E-state index is 12.7. The van der Waals surface area contributed by atoms with E-state index >= 15 is 0 Å². The summed E-state index contributed by atoms with van der Waals surface area (Å²) in [5.41, 5.74) is 1.98. The maximum atomic E-state index is 12.7. The van der Waals surface area contributed by atoms with E-state index in [4.69, 9.17) is 11.6 Å². The topological polar surface area (TPSA) is 79.0 Å². The van der Waals surface area contributed by atoms with Gasteiger partial charge in [0.15, 0.2) is 5.78 Å². The van der Waals surface area contributed by atoms with Crippen molar-refractivity contribution in [3.05, 3.63) is 98.4 Å². The summed E-state index contributed by atoms with van der Waals surface area (Å²) in [6.07, 6.45) is 0.903. The Labute approximate surface area is 166 Å². The Morgan fingerprint density at radius 3 is 2.43 bits per heavy atom. The predicted octanol–water partition coefficient (Wildman–Crippen LogP) is 4.19. The molecular formula is C22H17ClN2O3. The first kappa shape index (κ1) is 18.2. The molecule has 1 aliphatic carbocycles. The highest BCUT2D eigenvalue weighted by Gasteiger charge is 2.28. The minimum atomic E-state index is -0.565. The SMILES string of the molecule is O=C1CC(c2ccccc2)Cc2[nH]c(=O)c(C(=O)Nc3ccc(Cl)cc3)cc21. The van der Waals surface area contributed by atoms with Crippen LogP contribution >= 0.6 is 11.6 Å². The molecule has 6 heteroatoms. The number of benzene rings is 2. The van der Waals surface area contributed by atoms with Gasteiger partial charge in [-0.2, -0.15) is 0 Å². The van der Waals surface area contributed by atoms with Crippen molar-refractivity contribution >= 4 is 29.0 Å². The van der Waals surface area contributed by atoms with E-state index in [-0.39, 0.29) is 17.3 Å². The molecule has 1 aromatic heterocycles. The van der Waals surface area contributed by atoms with Crippen LogP contribution in [-0.2, 0) is 6.42 Å². The lowest BCUT2D eigenvalue weighted by molar-refractivity contribution is 0.0963. The number of nitrogens with one attached hydrogen (secondary N) is 2. The molecule has 0 saturated heterocycles. The summed E-state index contributed by atoms with van der Waals surface area (Å²) in [7, 11) is 0. The lowest BCUT2D eigenvalue weighted by Gasteiger charge is -2.24. The van der Waals surface area contributed by atoms with Crippen LogP contribution < -0.4 is 10.9 Å². The Balaban J connectivity index is 1.62. The van der Waals surface area contributed by atoms with Gasteiger partial charge in [-0.1, -0.05) is 41.9 Å². The van der Waals surface area contributed by atoms with Crippen LogP contribution in [0.4, 0.5) is 5.69 Å². The van der Waals surface area contributed by atoms with Crippen molar-refractivity contribution in [3.63, 3.8) is 0 Å². The zero-order valence-corrected chi connectivity index (χ0v) is 15.6. The minimum absolute atomic E-state index is 0.0191. The summed E-state index contributed by atoms with van der Waals surface area (Å²) in [4.78, 5) is 40.4. The van der Waals surface area contributed by atoms with Gasteiger partial charge in [0.25, 0.3) is 11.5 Å². The van der Waals surface area contributed by atoms with Crippen molar-refractivity contribution in [1.29, 1.82) is 0 Å². The van der Waals surface area contributed by atoms with Gasteiger partial charge in [0.05, 0.1) is 0 Å². The van der Waals surface area contributed by atoms with Gasteiger partial charge in [-0.25, -0.2) is 0 Å². The smallest absolute Gasteiger partial charge is 0.261 e. The van der Waals surface area contributed by atoms with Gasteiger partial charge in [-0.05, 0) is 48.2 Å². The zero-order valence-electron chi connectivity index (χ0n) is 14.9. The molecular weight excluding hydrogens is 376 g/mol. The largest absolute Gasteiger partial charge is 0.325 e. The number of H-pyrrole nitrogens is 1. The number of carbonyl (C=O) groups excluding carboxylic acids is 2. The van der Waals surface area contributed by atoms with Gasteiger partial charge in [0.2, 0.25) is 0 Å². The Kier molecular flexibility index (Phi) is 4.84. The van der Waals surface area contributed by atoms with E-state index in [0.717, 1.165) is 5.56 Å². The first-order valence-electron chi connectivity index (χ1n) is 8.92. The quantitative estimate of drug-likeness (QED) is 0.701. The summed E-state index contributed by atoms with van der Waals surface area (Å²) in [6.45, 7) is 0. The molecule has 1 amide bonds. The standard InChI is InChI=1S/C22H17ClN2O3/c23-15-6-8-16(9-7-15)24-21(27)18-12-17-19(25-22(18)28)10-14(11-20(17)26)13-4-2-1-3-5-13/h1-9,12,14H,10-11H2,(H,24,27)(H,25,28). The molecule has 2 N–H and O–H groups in total. The van der Waals surface area contributed by atoms with E-state index < -0.39 is 11.5 Å². The number of hydrogen-bond donors (Lipinski definition) is 2. The van der Waals surface area contributed by atoms with E-state index in [1.807, 2.05) is 30.3 Å². The van der Waals surface area contributed by atoms with Crippen LogP contribution in [0.15, 0.2) is 65.5 Å². The number of pyridine rings is 1. The lowest BCUT2D eigenvalue weighted by Crippen LogP contribution is -2.29. The predicted molar refractivity (Wildman–Crippen MR) is 108 cm³/mol. The number of carbonyl (C=O) groups is 2. The zero-order chi connectivity index (χ0) is 19.7. The third kappa shape index (κ3) is 3.62. The normalized spacial score (nSPS) is 15.8. The highest BCUT2D eigenvalue weighted by Crippen LogP contribution is 2.31. The van der Waals surface area contributed by atoms with E-state index in [2.05, 4.69) is 10.3 Å². The summed E-state index contributed by atoms with van der Waals surface area (Å²) >= 11 is 5.84. The first-order valence-corrected chi connectivity index (χ1v) is 9.30. The summed E-state index contributed by atoms with van der Waals surface area (Å²) < 4.78 is 0. The summed E-state index contributed by atoms with van der Waals surface area (Å²) in [5.74, 6) is -0.623. The van der Waals surface area contributed by atoms with E-state index in [1.54, 1.807) is 24.3 Å². The second-order valence-corrected chi connectivity index (χ2v) is 7.24. The fourth-order valence-electron chi connectivity index (χ4n) is 3.49. The highest BCUT2D eigenvalue weighted by molar-refractivity contribution is 6.30. The van der Waals surface area contributed by atoms with Crippen LogP contribution in [0.3, 0.4) is 0 Å². The third-order valence-electron chi connectivity index (χ3n) is 4.92. The molecule has 140 valence electrons. The number of Topliss-reactive ketones (excluding diaryl/α,β-unsaturated/α-hetero) is 1. The molecule has 28 heavy (non-hydrogen) atoms. The number of amides is 1.